The normalized spacial score (nSPS) is 12.6. The summed E-state index contributed by atoms with van der Waals surface area (Å²) in [6.45, 7) is 6.60. The standard InChI is InChI=1S/C65H44N7.Pt/c1-65(2,43-18-16-19-45(37-43)69-41-68(3)58-30-14-15-31-59(58)69)44-34-35-51-50-24-8-13-29-57(50)72(62(51)38-44)63-36-42(39-66)52(40-67-63)64-60(70-53-25-9-4-20-46(53)47-21-5-10-26-54(47)70)32-17-33-61(64)71-55-27-11-6-22-48(55)49-23-7-12-28-56(49)71;/h4-36,40-41H,1-3H3;/q-3;. The minimum absolute atomic E-state index is 0. The number of hydrogen-bond acceptors (Lipinski definition) is 4. The van der Waals surface area contributed by atoms with E-state index in [1.807, 2.05) is 12.3 Å². The number of aromatic nitrogens is 4. The number of hydrogen-bond donors (Lipinski definition) is 0. The van der Waals surface area contributed by atoms with Crippen molar-refractivity contribution in [3.8, 4) is 34.4 Å². The number of nitrogens with zero attached hydrogens (tertiary/aromatic N) is 7. The molecule has 0 unspecified atom stereocenters. The molecule has 7 nitrogen and oxygen atoms in total. The molecule has 0 fully saturated rings. The molecule has 0 spiro atoms. The Labute approximate surface area is 437 Å². The molecule has 0 saturated heterocycles. The van der Waals surface area contributed by atoms with Gasteiger partial charge in [0, 0.05) is 76.8 Å². The van der Waals surface area contributed by atoms with E-state index in [1.165, 1.54) is 0 Å². The van der Waals surface area contributed by atoms with Crippen LogP contribution < -0.4 is 9.80 Å². The maximum Gasteiger partial charge on any atom is 0.136 e. The number of anilines is 3. The number of nitriles is 1. The Bertz CT molecular complexity index is 4170. The Morgan fingerprint density at radius 2 is 0.959 bits per heavy atom. The average molecular weight is 1120 g/mol. The largest absolute Gasteiger partial charge is 0.504 e. The number of rotatable bonds is 7. The SMILES string of the molecule is CN1[CH-]N(c2[c-]c(C(C)(C)c3[c-]c4c(cc3)c3ccccc3n4-c3cc(C#N)c(-c4c(-n5c6ccccc6c6ccccc65)cccc4-n4c5ccccc5c5ccccc54)cn3)ccc2)c2ccccc21.[Pt]. The first kappa shape index (κ1) is 44.3. The molecule has 0 amide bonds. The molecule has 13 aromatic rings. The van der Waals surface area contributed by atoms with Gasteiger partial charge in [-0.1, -0.05) is 129 Å². The quantitative estimate of drug-likeness (QED) is 0.149. The number of pyridine rings is 1. The van der Waals surface area contributed by atoms with Crippen molar-refractivity contribution in [2.24, 2.45) is 0 Å². The van der Waals surface area contributed by atoms with Gasteiger partial charge in [-0.25, -0.2) is 4.98 Å². The predicted octanol–water partition coefficient (Wildman–Crippen LogP) is 15.5. The minimum Gasteiger partial charge on any atom is -0.504 e. The van der Waals surface area contributed by atoms with Crippen LogP contribution in [-0.2, 0) is 26.5 Å². The van der Waals surface area contributed by atoms with Crippen molar-refractivity contribution >= 4 is 82.5 Å². The van der Waals surface area contributed by atoms with Crippen molar-refractivity contribution in [1.29, 1.82) is 5.26 Å². The zero-order valence-corrected chi connectivity index (χ0v) is 42.4. The summed E-state index contributed by atoms with van der Waals surface area (Å²) in [7, 11) is 2.08. The third-order valence-corrected chi connectivity index (χ3v) is 15.0. The zero-order valence-electron chi connectivity index (χ0n) is 40.2. The van der Waals surface area contributed by atoms with Crippen molar-refractivity contribution in [2.75, 3.05) is 16.8 Å². The summed E-state index contributed by atoms with van der Waals surface area (Å²) in [5.74, 6) is 0.640. The maximum atomic E-state index is 11.5. The first-order chi connectivity index (χ1) is 35.4. The maximum absolute atomic E-state index is 11.5. The Morgan fingerprint density at radius 1 is 0.493 bits per heavy atom. The van der Waals surface area contributed by atoms with Crippen LogP contribution in [0.25, 0.3) is 93.7 Å². The van der Waals surface area contributed by atoms with Gasteiger partial charge in [-0.05, 0) is 78.5 Å². The van der Waals surface area contributed by atoms with Gasteiger partial charge in [0.2, 0.25) is 0 Å². The molecule has 352 valence electrons. The molecule has 0 aliphatic carbocycles. The van der Waals surface area contributed by atoms with Crippen LogP contribution in [-0.4, -0.2) is 25.7 Å². The molecule has 4 aromatic heterocycles. The average Bonchev–Trinajstić information content (AvgIpc) is 4.16. The van der Waals surface area contributed by atoms with E-state index in [0.717, 1.165) is 116 Å². The van der Waals surface area contributed by atoms with E-state index in [9.17, 15) is 5.26 Å². The van der Waals surface area contributed by atoms with Crippen molar-refractivity contribution in [1.82, 2.24) is 18.7 Å². The monoisotopic (exact) mass is 1120 g/mol. The fraction of sp³-hybridized carbons (Fsp3) is 0.0615. The van der Waals surface area contributed by atoms with E-state index in [4.69, 9.17) is 4.98 Å². The summed E-state index contributed by atoms with van der Waals surface area (Å²) in [5, 5.41) is 18.3. The topological polar surface area (TPSA) is 58.0 Å². The molecule has 8 heteroatoms. The summed E-state index contributed by atoms with van der Waals surface area (Å²) in [4.78, 5) is 9.74. The van der Waals surface area contributed by atoms with Gasteiger partial charge in [0.25, 0.3) is 0 Å². The van der Waals surface area contributed by atoms with E-state index in [2.05, 4.69) is 263 Å². The molecule has 1 aliphatic rings. The van der Waals surface area contributed by atoms with Gasteiger partial charge in [-0.15, -0.1) is 11.1 Å². The first-order valence-corrected chi connectivity index (χ1v) is 24.3. The Balaban J connectivity index is 0.00000516. The molecular weight excluding hydrogens is 1070 g/mol. The Kier molecular flexibility index (Phi) is 10.3. The van der Waals surface area contributed by atoms with Gasteiger partial charge in [0.05, 0.1) is 45.1 Å². The van der Waals surface area contributed by atoms with E-state index in [0.29, 0.717) is 11.4 Å². The molecule has 5 heterocycles. The second-order valence-corrected chi connectivity index (χ2v) is 19.3. The molecule has 0 atom stereocenters. The smallest absolute Gasteiger partial charge is 0.136 e. The second kappa shape index (κ2) is 17.0. The molecule has 73 heavy (non-hydrogen) atoms. The molecule has 1 aliphatic heterocycles. The molecule has 0 radical (unpaired) electrons. The van der Waals surface area contributed by atoms with Gasteiger partial charge >= 0.3 is 0 Å². The van der Waals surface area contributed by atoms with Gasteiger partial charge < -0.3 is 23.5 Å². The van der Waals surface area contributed by atoms with Gasteiger partial charge in [0.1, 0.15) is 5.82 Å². The van der Waals surface area contributed by atoms with Crippen molar-refractivity contribution in [3.63, 3.8) is 0 Å². The van der Waals surface area contributed by atoms with Gasteiger partial charge in [-0.2, -0.15) is 65.5 Å². The number of para-hydroxylation sites is 7. The van der Waals surface area contributed by atoms with Crippen LogP contribution >= 0.6 is 0 Å². The van der Waals surface area contributed by atoms with Gasteiger partial charge in [0.15, 0.2) is 0 Å². The van der Waals surface area contributed by atoms with Crippen LogP contribution in [0.2, 0.25) is 0 Å². The van der Waals surface area contributed by atoms with Crippen LogP contribution in [0.1, 0.15) is 30.5 Å². The predicted molar refractivity (Wildman–Crippen MR) is 295 cm³/mol. The molecule has 0 saturated carbocycles. The van der Waals surface area contributed by atoms with E-state index >= 15 is 0 Å². The Hall–Kier alpha value is -8.69. The molecule has 0 N–H and O–H groups in total. The summed E-state index contributed by atoms with van der Waals surface area (Å²) in [6.07, 6.45) is 1.91. The third kappa shape index (κ3) is 6.64. The summed E-state index contributed by atoms with van der Waals surface area (Å²) in [6, 6.07) is 80.9. The van der Waals surface area contributed by atoms with E-state index in [-0.39, 0.29) is 21.1 Å². The van der Waals surface area contributed by atoms with Crippen LogP contribution in [0.15, 0.2) is 206 Å². The number of benzene rings is 9. The molecule has 9 aromatic carbocycles. The van der Waals surface area contributed by atoms with E-state index in [1.54, 1.807) is 0 Å². The van der Waals surface area contributed by atoms with Crippen LogP contribution in [0.5, 0.6) is 0 Å². The zero-order chi connectivity index (χ0) is 48.2. The van der Waals surface area contributed by atoms with Crippen molar-refractivity contribution in [2.45, 2.75) is 19.3 Å². The summed E-state index contributed by atoms with van der Waals surface area (Å²) < 4.78 is 6.88. The van der Waals surface area contributed by atoms with Crippen LogP contribution in [0.4, 0.5) is 17.1 Å². The van der Waals surface area contributed by atoms with Crippen molar-refractivity contribution < 1.29 is 21.1 Å². The second-order valence-electron chi connectivity index (χ2n) is 19.3. The fourth-order valence-electron chi connectivity index (χ4n) is 11.5. The Morgan fingerprint density at radius 3 is 1.52 bits per heavy atom. The number of fused-ring (bicyclic) bond motifs is 10. The van der Waals surface area contributed by atoms with Crippen LogP contribution in [0, 0.1) is 30.1 Å². The van der Waals surface area contributed by atoms with Crippen LogP contribution in [0.3, 0.4) is 0 Å². The summed E-state index contributed by atoms with van der Waals surface area (Å²) >= 11 is 0. The molecule has 0 bridgehead atoms. The van der Waals surface area contributed by atoms with E-state index < -0.39 is 5.41 Å². The minimum atomic E-state index is -0.481. The van der Waals surface area contributed by atoms with Crippen molar-refractivity contribution in [3.05, 3.63) is 242 Å². The molecule has 14 rings (SSSR count). The molecular formula is C65H44N7Pt-3. The van der Waals surface area contributed by atoms with Gasteiger partial charge in [-0.3, -0.25) is 0 Å². The first-order valence-electron chi connectivity index (χ1n) is 24.3. The summed E-state index contributed by atoms with van der Waals surface area (Å²) in [5.41, 5.74) is 15.1. The fourth-order valence-corrected chi connectivity index (χ4v) is 11.5. The third-order valence-electron chi connectivity index (χ3n) is 15.0.